The number of hydrogen-bond donors (Lipinski definition) is 4. The molecule has 0 radical (unpaired) electrons. The fourth-order valence-electron chi connectivity index (χ4n) is 2.34. The van der Waals surface area contributed by atoms with Gasteiger partial charge in [0.25, 0.3) is 0 Å². The summed E-state index contributed by atoms with van der Waals surface area (Å²) in [5, 5.41) is 38.6. The molecule has 1 aliphatic heterocycles. The highest BCUT2D eigenvalue weighted by Crippen LogP contribution is 2.24. The molecule has 5 atom stereocenters. The number of ether oxygens (including phenoxy) is 2. The minimum atomic E-state index is -1.56. The third-order valence-electron chi connectivity index (χ3n) is 3.84. The maximum atomic E-state index is 12.0. The first-order valence-corrected chi connectivity index (χ1v) is 7.46. The molecule has 0 amide bonds. The zero-order valence-corrected chi connectivity index (χ0v) is 13.0. The van der Waals surface area contributed by atoms with Gasteiger partial charge in [-0.1, -0.05) is 26.0 Å². The van der Waals surface area contributed by atoms with Crippen molar-refractivity contribution in [3.63, 3.8) is 0 Å². The maximum Gasteiger partial charge on any atom is 0.229 e. The van der Waals surface area contributed by atoms with Crippen molar-refractivity contribution < 1.29 is 29.9 Å². The van der Waals surface area contributed by atoms with Crippen molar-refractivity contribution in [2.45, 2.75) is 50.5 Å². The Morgan fingerprint density at radius 3 is 2.48 bits per heavy atom. The van der Waals surface area contributed by atoms with Gasteiger partial charge in [0.1, 0.15) is 24.4 Å². The highest BCUT2D eigenvalue weighted by atomic mass is 16.7. The Morgan fingerprint density at radius 1 is 1.17 bits per heavy atom. The second-order valence-corrected chi connectivity index (χ2v) is 5.87. The van der Waals surface area contributed by atoms with Gasteiger partial charge in [-0.15, -0.1) is 0 Å². The van der Waals surface area contributed by atoms with Gasteiger partial charge in [0.2, 0.25) is 11.7 Å². The van der Waals surface area contributed by atoms with E-state index < -0.39 is 42.7 Å². The summed E-state index contributed by atoms with van der Waals surface area (Å²) in [4.78, 5) is 12.0. The number of hydrogen-bond acceptors (Lipinski definition) is 7. The summed E-state index contributed by atoms with van der Waals surface area (Å²) in [5.41, 5.74) is 0.445. The zero-order valence-electron chi connectivity index (χ0n) is 13.0. The monoisotopic (exact) mass is 326 g/mol. The highest BCUT2D eigenvalue weighted by molar-refractivity contribution is 5.29. The van der Waals surface area contributed by atoms with Gasteiger partial charge in [-0.3, -0.25) is 4.79 Å². The molecule has 0 unspecified atom stereocenters. The Hall–Kier alpha value is -1.51. The molecule has 1 aliphatic rings. The van der Waals surface area contributed by atoms with Crippen molar-refractivity contribution in [1.29, 1.82) is 0 Å². The predicted octanol–water partition coefficient (Wildman–Crippen LogP) is -0.651. The quantitative estimate of drug-likeness (QED) is 0.581. The molecule has 0 aliphatic carbocycles. The summed E-state index contributed by atoms with van der Waals surface area (Å²) in [7, 11) is 0. The van der Waals surface area contributed by atoms with Gasteiger partial charge < -0.3 is 29.9 Å². The summed E-state index contributed by atoms with van der Waals surface area (Å²) < 4.78 is 10.7. The van der Waals surface area contributed by atoms with E-state index >= 15 is 0 Å². The average Bonchev–Trinajstić information content (AvgIpc) is 2.70. The first-order valence-electron chi connectivity index (χ1n) is 7.46. The largest absolute Gasteiger partial charge is 0.458 e. The summed E-state index contributed by atoms with van der Waals surface area (Å²) in [6.45, 7) is 3.35. The zero-order chi connectivity index (χ0) is 17.1. The molecule has 2 rings (SSSR count). The third kappa shape index (κ3) is 3.88. The third-order valence-corrected chi connectivity index (χ3v) is 3.84. The van der Waals surface area contributed by atoms with E-state index in [4.69, 9.17) is 14.6 Å². The van der Waals surface area contributed by atoms with E-state index in [0.717, 1.165) is 5.56 Å². The van der Waals surface area contributed by atoms with Crippen molar-refractivity contribution in [3.8, 4) is 5.75 Å². The van der Waals surface area contributed by atoms with E-state index in [2.05, 4.69) is 0 Å². The van der Waals surface area contributed by atoms with Gasteiger partial charge in [0.05, 0.1) is 6.61 Å². The topological polar surface area (TPSA) is 116 Å². The summed E-state index contributed by atoms with van der Waals surface area (Å²) >= 11 is 0. The van der Waals surface area contributed by atoms with Crippen molar-refractivity contribution in [3.05, 3.63) is 40.1 Å². The van der Waals surface area contributed by atoms with Crippen LogP contribution in [-0.2, 0) is 4.74 Å². The number of aliphatic hydroxyl groups is 4. The number of aliphatic hydroxyl groups excluding tert-OH is 4. The summed E-state index contributed by atoms with van der Waals surface area (Å²) in [6.07, 6.45) is -7.04. The van der Waals surface area contributed by atoms with Gasteiger partial charge in [0, 0.05) is 0 Å². The molecule has 0 spiro atoms. The van der Waals surface area contributed by atoms with Crippen molar-refractivity contribution in [2.75, 3.05) is 6.61 Å². The summed E-state index contributed by atoms with van der Waals surface area (Å²) in [6, 6.07) is 6.27. The van der Waals surface area contributed by atoms with E-state index in [0.29, 0.717) is 0 Å². The molecule has 23 heavy (non-hydrogen) atoms. The second-order valence-electron chi connectivity index (χ2n) is 5.87. The predicted molar refractivity (Wildman–Crippen MR) is 81.2 cm³/mol. The van der Waals surface area contributed by atoms with Crippen LogP contribution in [0.2, 0.25) is 0 Å². The van der Waals surface area contributed by atoms with Crippen LogP contribution < -0.4 is 10.2 Å². The molecular weight excluding hydrogens is 304 g/mol. The second kappa shape index (κ2) is 7.37. The van der Waals surface area contributed by atoms with Crippen LogP contribution in [0.15, 0.2) is 29.1 Å². The normalized spacial score (nSPS) is 31.2. The van der Waals surface area contributed by atoms with Crippen LogP contribution in [0.5, 0.6) is 5.75 Å². The molecule has 1 saturated heterocycles. The summed E-state index contributed by atoms with van der Waals surface area (Å²) in [5.74, 6) is 0.113. The van der Waals surface area contributed by atoms with Crippen LogP contribution in [0.4, 0.5) is 0 Å². The molecule has 0 bridgehead atoms. The molecular formula is C16H22O7. The molecule has 1 heterocycles. The van der Waals surface area contributed by atoms with Crippen molar-refractivity contribution in [2.24, 2.45) is 0 Å². The maximum absolute atomic E-state index is 12.0. The lowest BCUT2D eigenvalue weighted by Crippen LogP contribution is -2.60. The van der Waals surface area contributed by atoms with Crippen LogP contribution in [0, 0.1) is 0 Å². The first-order chi connectivity index (χ1) is 10.8. The SMILES string of the molecule is CC(C)c1cccc(=O)c(O[C@@H]2O[C@H](CO)[C@@H](O)[C@H](O)[C@H]2O)c1. The van der Waals surface area contributed by atoms with E-state index in [1.54, 1.807) is 18.2 Å². The van der Waals surface area contributed by atoms with Crippen LogP contribution in [0.1, 0.15) is 25.3 Å². The minimum Gasteiger partial charge on any atom is -0.458 e. The Labute approximate surface area is 133 Å². The van der Waals surface area contributed by atoms with Gasteiger partial charge in [-0.2, -0.15) is 0 Å². The van der Waals surface area contributed by atoms with Crippen LogP contribution >= 0.6 is 0 Å². The van der Waals surface area contributed by atoms with E-state index in [1.165, 1.54) is 6.07 Å². The molecule has 1 aromatic carbocycles. The molecule has 1 fully saturated rings. The van der Waals surface area contributed by atoms with Crippen LogP contribution in [0.3, 0.4) is 0 Å². The van der Waals surface area contributed by atoms with E-state index in [1.807, 2.05) is 13.8 Å². The molecule has 0 aromatic heterocycles. The first kappa shape index (κ1) is 17.8. The Kier molecular flexibility index (Phi) is 5.72. The Bertz CT molecular complexity index is 587. The minimum absolute atomic E-state index is 0.0389. The lowest BCUT2D eigenvalue weighted by molar-refractivity contribution is -0.277. The van der Waals surface area contributed by atoms with Gasteiger partial charge in [-0.05, 0) is 23.6 Å². The lowest BCUT2D eigenvalue weighted by atomic mass is 9.99. The van der Waals surface area contributed by atoms with Crippen LogP contribution in [0.25, 0.3) is 0 Å². The van der Waals surface area contributed by atoms with Crippen LogP contribution in [-0.4, -0.2) is 57.7 Å². The Balaban J connectivity index is 2.29. The van der Waals surface area contributed by atoms with Crippen molar-refractivity contribution >= 4 is 0 Å². The van der Waals surface area contributed by atoms with Crippen molar-refractivity contribution in [1.82, 2.24) is 0 Å². The molecule has 4 N–H and O–H groups in total. The fourth-order valence-corrected chi connectivity index (χ4v) is 2.34. The standard InChI is InChI=1S/C16H22O7/c1-8(2)9-4-3-5-10(18)11(6-9)22-16-15(21)14(20)13(19)12(7-17)23-16/h3-6,8,12-17,19-21H,7H2,1-2H3/t12-,13-,14+,15-,16-/m1/s1. The number of rotatable bonds is 4. The average molecular weight is 326 g/mol. The van der Waals surface area contributed by atoms with E-state index in [9.17, 15) is 20.1 Å². The molecule has 128 valence electrons. The highest BCUT2D eigenvalue weighted by Gasteiger charge is 2.44. The van der Waals surface area contributed by atoms with Gasteiger partial charge in [-0.25, -0.2) is 0 Å². The molecule has 0 saturated carbocycles. The fraction of sp³-hybridized carbons (Fsp3) is 0.562. The van der Waals surface area contributed by atoms with Gasteiger partial charge >= 0.3 is 0 Å². The molecule has 1 aromatic rings. The Morgan fingerprint density at radius 2 is 1.87 bits per heavy atom. The van der Waals surface area contributed by atoms with Gasteiger partial charge in [0.15, 0.2) is 5.75 Å². The molecule has 7 heteroatoms. The lowest BCUT2D eigenvalue weighted by Gasteiger charge is -2.39. The molecule has 7 nitrogen and oxygen atoms in total. The van der Waals surface area contributed by atoms with E-state index in [-0.39, 0.29) is 11.7 Å². The smallest absolute Gasteiger partial charge is 0.229 e.